The third-order valence-electron chi connectivity index (χ3n) is 1.42. The molecule has 11 heavy (non-hydrogen) atoms. The van der Waals surface area contributed by atoms with E-state index in [-0.39, 0.29) is 11.9 Å². The Balaban J connectivity index is 2.73. The Morgan fingerprint density at radius 3 is 2.64 bits per heavy atom. The average Bonchev–Trinajstić information content (AvgIpc) is 1.85. The number of hydrogen-bond acceptors (Lipinski definition) is 2. The molecule has 1 aliphatic rings. The first-order valence-corrected chi connectivity index (χ1v) is 3.51. The monoisotopic (exact) mass is 176 g/mol. The normalized spacial score (nSPS) is 30.0. The fraction of sp³-hybridized carbons (Fsp3) is 0.333. The van der Waals surface area contributed by atoms with Crippen molar-refractivity contribution >= 4 is 18.7 Å². The van der Waals surface area contributed by atoms with Gasteiger partial charge in [-0.1, -0.05) is 23.8 Å². The van der Waals surface area contributed by atoms with Gasteiger partial charge in [0.05, 0.1) is 0 Å². The molecule has 2 nitrogen and oxygen atoms in total. The molecule has 1 aliphatic carbocycles. The van der Waals surface area contributed by atoms with Crippen LogP contribution in [0.5, 0.6) is 0 Å². The van der Waals surface area contributed by atoms with Crippen LogP contribution in [0.1, 0.15) is 6.42 Å². The minimum atomic E-state index is -1.96. The van der Waals surface area contributed by atoms with Crippen LogP contribution in [-0.4, -0.2) is 22.3 Å². The predicted octanol–water partition coefficient (Wildman–Crippen LogP) is 0.789. The van der Waals surface area contributed by atoms with E-state index in [0.717, 1.165) is 0 Å². The highest BCUT2D eigenvalue weighted by Gasteiger charge is 2.30. The van der Waals surface area contributed by atoms with Crippen LogP contribution in [0.4, 0.5) is 4.39 Å². The summed E-state index contributed by atoms with van der Waals surface area (Å²) >= 11 is 5.29. The molecule has 60 valence electrons. The van der Waals surface area contributed by atoms with Crippen molar-refractivity contribution in [2.24, 2.45) is 0 Å². The summed E-state index contributed by atoms with van der Waals surface area (Å²) in [4.78, 5) is 0. The third-order valence-corrected chi connectivity index (χ3v) is 1.68. The number of alkyl halides is 2. The van der Waals surface area contributed by atoms with Gasteiger partial charge in [0, 0.05) is 6.42 Å². The molecule has 0 saturated heterocycles. The molecule has 0 radical (unpaired) electrons. The van der Waals surface area contributed by atoms with E-state index in [1.54, 1.807) is 0 Å². The molecule has 1 rings (SSSR count). The molecule has 1 unspecified atom stereocenters. The molecule has 0 aliphatic heterocycles. The number of halogens is 2. The van der Waals surface area contributed by atoms with Crippen LogP contribution in [0.3, 0.4) is 0 Å². The zero-order chi connectivity index (χ0) is 8.48. The molecule has 5 heteroatoms. The highest BCUT2D eigenvalue weighted by molar-refractivity contribution is 6.51. The maximum absolute atomic E-state index is 12.9. The summed E-state index contributed by atoms with van der Waals surface area (Å²) in [6.07, 6.45) is 3.79. The minimum Gasteiger partial charge on any atom is -0.423 e. The molecule has 0 aromatic rings. The zero-order valence-electron chi connectivity index (χ0n) is 5.67. The molecule has 1 atom stereocenters. The Bertz CT molecular complexity index is 213. The van der Waals surface area contributed by atoms with Crippen molar-refractivity contribution in [3.8, 4) is 0 Å². The highest BCUT2D eigenvalue weighted by Crippen LogP contribution is 2.30. The van der Waals surface area contributed by atoms with E-state index in [9.17, 15) is 4.39 Å². The molecule has 0 saturated carbocycles. The van der Waals surface area contributed by atoms with Crippen molar-refractivity contribution in [3.05, 3.63) is 23.7 Å². The lowest BCUT2D eigenvalue weighted by molar-refractivity contribution is 0.335. The van der Waals surface area contributed by atoms with Gasteiger partial charge in [-0.25, -0.2) is 4.39 Å². The van der Waals surface area contributed by atoms with E-state index in [0.29, 0.717) is 0 Å². The first-order valence-electron chi connectivity index (χ1n) is 3.13. The standard InChI is InChI=1S/C6H7BClFO2/c8-6(9)3-1-2-5(4-6)7(10)11/h1-3,10-11H,4H2. The van der Waals surface area contributed by atoms with E-state index >= 15 is 0 Å². The number of rotatable bonds is 1. The maximum Gasteiger partial charge on any atom is 0.484 e. The second-order valence-corrected chi connectivity index (χ2v) is 3.04. The molecule has 0 amide bonds. The lowest BCUT2D eigenvalue weighted by Gasteiger charge is -2.18. The van der Waals surface area contributed by atoms with Crippen molar-refractivity contribution in [3.63, 3.8) is 0 Å². The summed E-state index contributed by atoms with van der Waals surface area (Å²) in [5, 5.41) is 15.3. The lowest BCUT2D eigenvalue weighted by atomic mass is 9.74. The van der Waals surface area contributed by atoms with Crippen LogP contribution in [0, 0.1) is 0 Å². The van der Waals surface area contributed by atoms with Crippen LogP contribution < -0.4 is 0 Å². The lowest BCUT2D eigenvalue weighted by Crippen LogP contribution is -2.24. The van der Waals surface area contributed by atoms with Gasteiger partial charge in [0.1, 0.15) is 0 Å². The van der Waals surface area contributed by atoms with Gasteiger partial charge in [-0.3, -0.25) is 0 Å². The summed E-state index contributed by atoms with van der Waals surface area (Å²) in [7, 11) is -1.62. The van der Waals surface area contributed by atoms with E-state index in [2.05, 4.69) is 0 Å². The van der Waals surface area contributed by atoms with Gasteiger partial charge in [-0.15, -0.1) is 0 Å². The van der Waals surface area contributed by atoms with Gasteiger partial charge in [0.2, 0.25) is 5.13 Å². The first kappa shape index (κ1) is 8.78. The largest absolute Gasteiger partial charge is 0.484 e. The predicted molar refractivity (Wildman–Crippen MR) is 41.7 cm³/mol. The Kier molecular flexibility index (Phi) is 2.37. The zero-order valence-corrected chi connectivity index (χ0v) is 6.42. The summed E-state index contributed by atoms with van der Waals surface area (Å²) < 4.78 is 12.9. The average molecular weight is 176 g/mol. The van der Waals surface area contributed by atoms with Crippen molar-refractivity contribution < 1.29 is 14.4 Å². The molecule has 0 heterocycles. The molecule has 0 spiro atoms. The Hall–Kier alpha value is -0.315. The van der Waals surface area contributed by atoms with Crippen LogP contribution >= 0.6 is 11.6 Å². The molecule has 0 bridgehead atoms. The van der Waals surface area contributed by atoms with Gasteiger partial charge >= 0.3 is 7.12 Å². The van der Waals surface area contributed by atoms with Crippen LogP contribution in [0.2, 0.25) is 0 Å². The smallest absolute Gasteiger partial charge is 0.423 e. The van der Waals surface area contributed by atoms with Crippen molar-refractivity contribution in [2.45, 2.75) is 11.5 Å². The molecular formula is C6H7BClFO2. The van der Waals surface area contributed by atoms with Crippen LogP contribution in [0.15, 0.2) is 23.7 Å². The first-order chi connectivity index (χ1) is 5.01. The minimum absolute atomic E-state index is 0.178. The van der Waals surface area contributed by atoms with E-state index in [1.165, 1.54) is 18.2 Å². The second-order valence-electron chi connectivity index (χ2n) is 2.41. The van der Waals surface area contributed by atoms with E-state index in [1.807, 2.05) is 0 Å². The summed E-state index contributed by atoms with van der Waals surface area (Å²) in [6, 6.07) is 0. The fourth-order valence-electron chi connectivity index (χ4n) is 0.880. The quantitative estimate of drug-likeness (QED) is 0.458. The van der Waals surface area contributed by atoms with Crippen molar-refractivity contribution in [2.75, 3.05) is 0 Å². The Morgan fingerprint density at radius 2 is 2.27 bits per heavy atom. The molecule has 0 aromatic heterocycles. The van der Waals surface area contributed by atoms with Gasteiger partial charge in [0.25, 0.3) is 0 Å². The fourth-order valence-corrected chi connectivity index (χ4v) is 1.11. The van der Waals surface area contributed by atoms with Crippen molar-refractivity contribution in [1.82, 2.24) is 0 Å². The second kappa shape index (κ2) is 2.97. The van der Waals surface area contributed by atoms with Gasteiger partial charge in [0.15, 0.2) is 0 Å². The third kappa shape index (κ3) is 2.32. The number of hydrogen-bond donors (Lipinski definition) is 2. The van der Waals surface area contributed by atoms with Crippen molar-refractivity contribution in [1.29, 1.82) is 0 Å². The van der Waals surface area contributed by atoms with Gasteiger partial charge < -0.3 is 10.0 Å². The van der Waals surface area contributed by atoms with Crippen LogP contribution in [0.25, 0.3) is 0 Å². The summed E-state index contributed by atoms with van der Waals surface area (Å²) in [5.74, 6) is 0. The van der Waals surface area contributed by atoms with Gasteiger partial charge in [-0.05, 0) is 11.5 Å². The molecule has 0 fully saturated rings. The maximum atomic E-state index is 12.9. The van der Waals surface area contributed by atoms with Gasteiger partial charge in [-0.2, -0.15) is 0 Å². The SMILES string of the molecule is OB(O)C1=CC=CC(F)(Cl)C1. The van der Waals surface area contributed by atoms with Crippen LogP contribution in [-0.2, 0) is 0 Å². The molecular weight excluding hydrogens is 169 g/mol. The Morgan fingerprint density at radius 1 is 1.64 bits per heavy atom. The molecule has 0 aromatic carbocycles. The van der Waals surface area contributed by atoms with E-state index in [4.69, 9.17) is 21.6 Å². The van der Waals surface area contributed by atoms with E-state index < -0.39 is 12.2 Å². The molecule has 2 N–H and O–H groups in total. The Labute approximate surface area is 69.1 Å². The highest BCUT2D eigenvalue weighted by atomic mass is 35.5. The summed E-state index contributed by atoms with van der Waals surface area (Å²) in [6.45, 7) is 0. The summed E-state index contributed by atoms with van der Waals surface area (Å²) in [5.41, 5.74) is 0.185. The number of allylic oxidation sites excluding steroid dienone is 4. The topological polar surface area (TPSA) is 40.5 Å².